The van der Waals surface area contributed by atoms with Gasteiger partial charge in [-0.05, 0) is 55.7 Å². The number of rotatable bonds is 5. The van der Waals surface area contributed by atoms with Crippen LogP contribution in [0.25, 0.3) is 0 Å². The Labute approximate surface area is 149 Å². The number of hydrogen-bond acceptors (Lipinski definition) is 4. The number of nitrogens with one attached hydrogen (secondary N) is 1. The van der Waals surface area contributed by atoms with Crippen LogP contribution in [0.5, 0.6) is 0 Å². The van der Waals surface area contributed by atoms with Crippen molar-refractivity contribution in [2.24, 2.45) is 0 Å². The van der Waals surface area contributed by atoms with Gasteiger partial charge in [-0.25, -0.2) is 0 Å². The van der Waals surface area contributed by atoms with Crippen molar-refractivity contribution in [3.63, 3.8) is 0 Å². The molecule has 1 amide bonds. The molecule has 1 aromatic rings. The van der Waals surface area contributed by atoms with Crippen molar-refractivity contribution in [3.05, 3.63) is 29.8 Å². The molecular weight excluding hydrogens is 320 g/mol. The lowest BCUT2D eigenvalue weighted by molar-refractivity contribution is -0.122. The number of aliphatic hydroxyl groups is 1. The van der Waals surface area contributed by atoms with Gasteiger partial charge in [-0.2, -0.15) is 11.8 Å². The van der Waals surface area contributed by atoms with Gasteiger partial charge >= 0.3 is 0 Å². The van der Waals surface area contributed by atoms with Crippen LogP contribution in [0.2, 0.25) is 0 Å². The highest BCUT2D eigenvalue weighted by molar-refractivity contribution is 7.99. The first kappa shape index (κ1) is 17.6. The molecule has 4 nitrogen and oxygen atoms in total. The van der Waals surface area contributed by atoms with Gasteiger partial charge in [0.2, 0.25) is 5.91 Å². The maximum atomic E-state index is 12.2. The van der Waals surface area contributed by atoms with Crippen molar-refractivity contribution in [2.75, 3.05) is 29.5 Å². The minimum absolute atomic E-state index is 0.0388. The molecule has 0 aliphatic carbocycles. The number of hydrogen-bond donors (Lipinski definition) is 2. The van der Waals surface area contributed by atoms with Crippen LogP contribution in [0, 0.1) is 0 Å². The third-order valence-corrected chi connectivity index (χ3v) is 6.27. The molecule has 0 aromatic heterocycles. The van der Waals surface area contributed by atoms with Gasteiger partial charge in [-0.1, -0.05) is 18.2 Å². The molecule has 2 aliphatic heterocycles. The highest BCUT2D eigenvalue weighted by Crippen LogP contribution is 2.30. The number of anilines is 1. The second-order valence-corrected chi connectivity index (χ2v) is 8.30. The minimum atomic E-state index is -0.702. The smallest absolute Gasteiger partial charge is 0.221 e. The minimum Gasteiger partial charge on any atom is -0.388 e. The Morgan fingerprint density at radius 2 is 2.12 bits per heavy atom. The molecule has 1 aromatic carbocycles. The number of thioether (sulfide) groups is 1. The van der Waals surface area contributed by atoms with E-state index in [-0.39, 0.29) is 5.91 Å². The largest absolute Gasteiger partial charge is 0.388 e. The molecular formula is C19H28N2O2S. The predicted molar refractivity (Wildman–Crippen MR) is 101 cm³/mol. The molecule has 2 aliphatic rings. The molecule has 1 unspecified atom stereocenters. The highest BCUT2D eigenvalue weighted by Gasteiger charge is 2.30. The van der Waals surface area contributed by atoms with Crippen molar-refractivity contribution in [1.82, 2.24) is 5.32 Å². The second kappa shape index (κ2) is 7.79. The van der Waals surface area contributed by atoms with E-state index in [1.54, 1.807) is 0 Å². The number of aryl methyl sites for hydroxylation is 1. The van der Waals surface area contributed by atoms with Crippen LogP contribution in [-0.2, 0) is 11.2 Å². The molecule has 0 bridgehead atoms. The maximum absolute atomic E-state index is 12.2. The summed E-state index contributed by atoms with van der Waals surface area (Å²) >= 11 is 1.87. The van der Waals surface area contributed by atoms with E-state index in [0.29, 0.717) is 19.0 Å². The van der Waals surface area contributed by atoms with Crippen molar-refractivity contribution in [3.8, 4) is 0 Å². The van der Waals surface area contributed by atoms with Gasteiger partial charge in [-0.15, -0.1) is 0 Å². The molecule has 0 saturated carbocycles. The Balaban J connectivity index is 1.51. The first-order valence-corrected chi connectivity index (χ1v) is 10.1. The Hall–Kier alpha value is -1.20. The summed E-state index contributed by atoms with van der Waals surface area (Å²) in [7, 11) is 0. The summed E-state index contributed by atoms with van der Waals surface area (Å²) in [4.78, 5) is 14.6. The maximum Gasteiger partial charge on any atom is 0.221 e. The Morgan fingerprint density at radius 3 is 2.92 bits per heavy atom. The monoisotopic (exact) mass is 348 g/mol. The van der Waals surface area contributed by atoms with E-state index in [9.17, 15) is 9.90 Å². The zero-order valence-corrected chi connectivity index (χ0v) is 15.3. The molecule has 132 valence electrons. The van der Waals surface area contributed by atoms with Crippen molar-refractivity contribution in [2.45, 2.75) is 50.7 Å². The van der Waals surface area contributed by atoms with E-state index in [1.807, 2.05) is 11.8 Å². The van der Waals surface area contributed by atoms with E-state index in [0.717, 1.165) is 43.7 Å². The van der Waals surface area contributed by atoms with E-state index in [1.165, 1.54) is 11.3 Å². The first-order chi connectivity index (χ1) is 11.6. The Kier molecular flexibility index (Phi) is 5.72. The quantitative estimate of drug-likeness (QED) is 0.859. The molecule has 3 rings (SSSR count). The lowest BCUT2D eigenvalue weighted by Crippen LogP contribution is -2.46. The number of nitrogens with zero attached hydrogens (tertiary/aromatic N) is 1. The third kappa shape index (κ3) is 4.25. The van der Waals surface area contributed by atoms with E-state index >= 15 is 0 Å². The average Bonchev–Trinajstić information content (AvgIpc) is 2.60. The normalized spacial score (nSPS) is 22.8. The summed E-state index contributed by atoms with van der Waals surface area (Å²) in [6.45, 7) is 3.35. The molecule has 0 radical (unpaired) electrons. The number of carbonyl (C=O) groups is 1. The Bertz CT molecular complexity index is 572. The number of benzene rings is 1. The predicted octanol–water partition coefficient (Wildman–Crippen LogP) is 2.59. The zero-order chi connectivity index (χ0) is 17.0. The van der Waals surface area contributed by atoms with Crippen LogP contribution in [0.15, 0.2) is 24.3 Å². The van der Waals surface area contributed by atoms with Gasteiger partial charge in [0.25, 0.3) is 0 Å². The van der Waals surface area contributed by atoms with E-state index < -0.39 is 5.60 Å². The molecule has 1 fully saturated rings. The van der Waals surface area contributed by atoms with E-state index in [4.69, 9.17) is 0 Å². The van der Waals surface area contributed by atoms with Gasteiger partial charge in [0.1, 0.15) is 0 Å². The Morgan fingerprint density at radius 1 is 1.38 bits per heavy atom. The molecule has 2 N–H and O–H groups in total. The molecule has 1 atom stereocenters. The fourth-order valence-electron chi connectivity index (χ4n) is 3.60. The SMILES string of the molecule is CC1CCc2ccccc2N1CCC(=O)NCC1(O)CCSCC1. The fourth-order valence-corrected chi connectivity index (χ4v) is 4.86. The summed E-state index contributed by atoms with van der Waals surface area (Å²) in [6, 6.07) is 8.96. The van der Waals surface area contributed by atoms with Crippen molar-refractivity contribution in [1.29, 1.82) is 0 Å². The number of carbonyl (C=O) groups excluding carboxylic acids is 1. The van der Waals surface area contributed by atoms with Gasteiger partial charge < -0.3 is 15.3 Å². The van der Waals surface area contributed by atoms with Crippen molar-refractivity contribution >= 4 is 23.4 Å². The lowest BCUT2D eigenvalue weighted by atomic mass is 9.96. The summed E-state index contributed by atoms with van der Waals surface area (Å²) in [5, 5.41) is 13.4. The molecule has 0 spiro atoms. The van der Waals surface area contributed by atoms with Crippen molar-refractivity contribution < 1.29 is 9.90 Å². The second-order valence-electron chi connectivity index (χ2n) is 7.07. The molecule has 2 heterocycles. The summed E-state index contributed by atoms with van der Waals surface area (Å²) in [6.07, 6.45) is 4.27. The summed E-state index contributed by atoms with van der Waals surface area (Å²) < 4.78 is 0. The molecule has 1 saturated heterocycles. The van der Waals surface area contributed by atoms with Crippen LogP contribution >= 0.6 is 11.8 Å². The van der Waals surface area contributed by atoms with Gasteiger partial charge in [0.05, 0.1) is 5.60 Å². The topological polar surface area (TPSA) is 52.6 Å². The number of para-hydroxylation sites is 1. The standard InChI is InChI=1S/C19H28N2O2S/c1-15-6-7-16-4-2-3-5-17(16)21(15)11-8-18(22)20-14-19(23)9-12-24-13-10-19/h2-5,15,23H,6-14H2,1H3,(H,20,22). The van der Waals surface area contributed by atoms with Gasteiger partial charge in [0, 0.05) is 31.2 Å². The van der Waals surface area contributed by atoms with Crippen LogP contribution in [0.1, 0.15) is 38.2 Å². The number of fused-ring (bicyclic) bond motifs is 1. The first-order valence-electron chi connectivity index (χ1n) is 8.99. The highest BCUT2D eigenvalue weighted by atomic mass is 32.2. The van der Waals surface area contributed by atoms with Crippen LogP contribution in [-0.4, -0.2) is 47.3 Å². The van der Waals surface area contributed by atoms with E-state index in [2.05, 4.69) is 41.4 Å². The van der Waals surface area contributed by atoms with Gasteiger partial charge in [-0.3, -0.25) is 4.79 Å². The van der Waals surface area contributed by atoms with Crippen LogP contribution in [0.3, 0.4) is 0 Å². The molecule has 5 heteroatoms. The van der Waals surface area contributed by atoms with Crippen LogP contribution < -0.4 is 10.2 Å². The zero-order valence-electron chi connectivity index (χ0n) is 14.5. The van der Waals surface area contributed by atoms with Crippen LogP contribution in [0.4, 0.5) is 5.69 Å². The average molecular weight is 349 g/mol. The number of amides is 1. The lowest BCUT2D eigenvalue weighted by Gasteiger charge is -2.37. The summed E-state index contributed by atoms with van der Waals surface area (Å²) in [5.74, 6) is 2.00. The fraction of sp³-hybridized carbons (Fsp3) is 0.632. The third-order valence-electron chi connectivity index (χ3n) is 5.28. The molecule has 24 heavy (non-hydrogen) atoms. The summed E-state index contributed by atoms with van der Waals surface area (Å²) in [5.41, 5.74) is 1.95. The van der Waals surface area contributed by atoms with Gasteiger partial charge in [0.15, 0.2) is 0 Å².